The molecule has 2 aromatic carbocycles. The predicted octanol–water partition coefficient (Wildman–Crippen LogP) is 3.57. The summed E-state index contributed by atoms with van der Waals surface area (Å²) in [5.41, 5.74) is 7.54. The number of para-hydroxylation sites is 1. The molecule has 110 valence electrons. The Balaban J connectivity index is 1.83. The molecule has 1 heterocycles. The van der Waals surface area contributed by atoms with Gasteiger partial charge in [0.25, 0.3) is 0 Å². The first-order valence-corrected chi connectivity index (χ1v) is 7.60. The first-order chi connectivity index (χ1) is 10.3. The Morgan fingerprint density at radius 3 is 2.62 bits per heavy atom. The molecule has 3 rings (SSSR count). The van der Waals surface area contributed by atoms with Crippen LogP contribution in [-0.2, 0) is 0 Å². The van der Waals surface area contributed by atoms with Crippen LogP contribution < -0.4 is 10.5 Å². The van der Waals surface area contributed by atoms with E-state index in [1.807, 2.05) is 42.5 Å². The lowest BCUT2D eigenvalue weighted by Crippen LogP contribution is -2.31. The van der Waals surface area contributed by atoms with Gasteiger partial charge in [0.2, 0.25) is 0 Å². The van der Waals surface area contributed by atoms with Crippen molar-refractivity contribution >= 4 is 0 Å². The van der Waals surface area contributed by atoms with Crippen LogP contribution in [0.25, 0.3) is 0 Å². The highest BCUT2D eigenvalue weighted by Crippen LogP contribution is 2.33. The van der Waals surface area contributed by atoms with E-state index in [1.165, 1.54) is 5.56 Å². The van der Waals surface area contributed by atoms with E-state index in [1.54, 1.807) is 0 Å². The molecule has 2 atom stereocenters. The molecule has 1 aliphatic rings. The fourth-order valence-corrected chi connectivity index (χ4v) is 3.08. The van der Waals surface area contributed by atoms with E-state index in [4.69, 9.17) is 10.5 Å². The Hall–Kier alpha value is -1.84. The third kappa shape index (κ3) is 3.09. The molecule has 21 heavy (non-hydrogen) atoms. The Morgan fingerprint density at radius 1 is 1.10 bits per heavy atom. The SMILES string of the molecule is CCN1CCC(N)C1c1cccc(Oc2ccccc2)c1. The van der Waals surface area contributed by atoms with Crippen molar-refractivity contribution in [3.05, 3.63) is 60.2 Å². The van der Waals surface area contributed by atoms with E-state index < -0.39 is 0 Å². The van der Waals surface area contributed by atoms with Gasteiger partial charge in [-0.3, -0.25) is 4.90 Å². The normalized spacial score (nSPS) is 22.4. The second kappa shape index (κ2) is 6.29. The molecule has 3 heteroatoms. The van der Waals surface area contributed by atoms with Gasteiger partial charge in [-0.2, -0.15) is 0 Å². The molecular formula is C18H22N2O. The number of hydrogen-bond acceptors (Lipinski definition) is 3. The maximum absolute atomic E-state index is 6.30. The zero-order chi connectivity index (χ0) is 14.7. The van der Waals surface area contributed by atoms with Crippen molar-refractivity contribution in [1.82, 2.24) is 4.90 Å². The molecule has 3 nitrogen and oxygen atoms in total. The molecule has 0 radical (unpaired) electrons. The van der Waals surface area contributed by atoms with Crippen molar-refractivity contribution < 1.29 is 4.74 Å². The number of rotatable bonds is 4. The van der Waals surface area contributed by atoms with E-state index in [9.17, 15) is 0 Å². The van der Waals surface area contributed by atoms with Gasteiger partial charge in [0.1, 0.15) is 11.5 Å². The summed E-state index contributed by atoms with van der Waals surface area (Å²) in [5, 5.41) is 0. The maximum Gasteiger partial charge on any atom is 0.127 e. The summed E-state index contributed by atoms with van der Waals surface area (Å²) in [6, 6.07) is 18.7. The minimum Gasteiger partial charge on any atom is -0.457 e. The van der Waals surface area contributed by atoms with Crippen molar-refractivity contribution in [2.24, 2.45) is 5.73 Å². The van der Waals surface area contributed by atoms with Crippen LogP contribution in [0.15, 0.2) is 54.6 Å². The standard InChI is InChI=1S/C18H22N2O/c1-2-20-12-11-17(19)18(20)14-7-6-10-16(13-14)21-15-8-4-3-5-9-15/h3-10,13,17-18H,2,11-12,19H2,1H3. The third-order valence-corrected chi connectivity index (χ3v) is 4.13. The highest BCUT2D eigenvalue weighted by molar-refractivity contribution is 5.36. The molecule has 0 amide bonds. The predicted molar refractivity (Wildman–Crippen MR) is 85.5 cm³/mol. The van der Waals surface area contributed by atoms with E-state index in [0.29, 0.717) is 6.04 Å². The van der Waals surface area contributed by atoms with Gasteiger partial charge in [0.05, 0.1) is 6.04 Å². The second-order valence-electron chi connectivity index (χ2n) is 5.51. The molecule has 1 aliphatic heterocycles. The van der Waals surface area contributed by atoms with E-state index in [2.05, 4.69) is 24.0 Å². The van der Waals surface area contributed by atoms with Gasteiger partial charge in [-0.05, 0) is 42.8 Å². The van der Waals surface area contributed by atoms with Gasteiger partial charge >= 0.3 is 0 Å². The summed E-state index contributed by atoms with van der Waals surface area (Å²) in [5.74, 6) is 1.73. The van der Waals surface area contributed by atoms with Crippen LogP contribution in [0.3, 0.4) is 0 Å². The zero-order valence-corrected chi connectivity index (χ0v) is 12.4. The number of nitrogens with zero attached hydrogens (tertiary/aromatic N) is 1. The maximum atomic E-state index is 6.30. The topological polar surface area (TPSA) is 38.5 Å². The number of ether oxygens (including phenoxy) is 1. The van der Waals surface area contributed by atoms with Gasteiger partial charge in [-0.1, -0.05) is 37.3 Å². The summed E-state index contributed by atoms with van der Waals surface area (Å²) in [6.07, 6.45) is 1.06. The van der Waals surface area contributed by atoms with Crippen molar-refractivity contribution in [3.63, 3.8) is 0 Å². The molecule has 0 bridgehead atoms. The molecule has 0 aliphatic carbocycles. The fourth-order valence-electron chi connectivity index (χ4n) is 3.08. The van der Waals surface area contributed by atoms with Crippen LogP contribution in [0, 0.1) is 0 Å². The number of likely N-dealkylation sites (tertiary alicyclic amines) is 1. The zero-order valence-electron chi connectivity index (χ0n) is 12.4. The molecule has 1 fully saturated rings. The monoisotopic (exact) mass is 282 g/mol. The van der Waals surface area contributed by atoms with Crippen LogP contribution in [0.2, 0.25) is 0 Å². The molecule has 0 saturated carbocycles. The number of benzene rings is 2. The van der Waals surface area contributed by atoms with Gasteiger partial charge < -0.3 is 10.5 Å². The minimum absolute atomic E-state index is 0.205. The largest absolute Gasteiger partial charge is 0.457 e. The molecule has 0 aromatic heterocycles. The minimum atomic E-state index is 0.205. The molecular weight excluding hydrogens is 260 g/mol. The average Bonchev–Trinajstić information content (AvgIpc) is 2.89. The van der Waals surface area contributed by atoms with Gasteiger partial charge in [-0.15, -0.1) is 0 Å². The van der Waals surface area contributed by atoms with Crippen molar-refractivity contribution in [3.8, 4) is 11.5 Å². The highest BCUT2D eigenvalue weighted by Gasteiger charge is 2.31. The quantitative estimate of drug-likeness (QED) is 0.931. The van der Waals surface area contributed by atoms with Crippen molar-refractivity contribution in [2.75, 3.05) is 13.1 Å². The summed E-state index contributed by atoms with van der Waals surface area (Å²) >= 11 is 0. The molecule has 1 saturated heterocycles. The molecule has 0 spiro atoms. The molecule has 2 aromatic rings. The fraction of sp³-hybridized carbons (Fsp3) is 0.333. The molecule has 2 N–H and O–H groups in total. The summed E-state index contributed by atoms with van der Waals surface area (Å²) < 4.78 is 5.92. The Labute approximate surface area is 126 Å². The summed E-state index contributed by atoms with van der Waals surface area (Å²) in [7, 11) is 0. The summed E-state index contributed by atoms with van der Waals surface area (Å²) in [4.78, 5) is 2.44. The number of likely N-dealkylation sites (N-methyl/N-ethyl adjacent to an activating group) is 1. The van der Waals surface area contributed by atoms with Crippen molar-refractivity contribution in [1.29, 1.82) is 0 Å². The lowest BCUT2D eigenvalue weighted by Gasteiger charge is -2.26. The van der Waals surface area contributed by atoms with Crippen LogP contribution in [0.4, 0.5) is 0 Å². The average molecular weight is 282 g/mol. The van der Waals surface area contributed by atoms with Crippen LogP contribution in [0.5, 0.6) is 11.5 Å². The number of nitrogens with two attached hydrogens (primary N) is 1. The Bertz CT molecular complexity index is 585. The summed E-state index contributed by atoms with van der Waals surface area (Å²) in [6.45, 7) is 4.30. The van der Waals surface area contributed by atoms with E-state index in [0.717, 1.165) is 31.0 Å². The van der Waals surface area contributed by atoms with Crippen LogP contribution in [0.1, 0.15) is 24.9 Å². The van der Waals surface area contributed by atoms with Crippen LogP contribution in [-0.4, -0.2) is 24.0 Å². The first kappa shape index (κ1) is 14.1. The lowest BCUT2D eigenvalue weighted by atomic mass is 10.0. The Kier molecular flexibility index (Phi) is 4.23. The highest BCUT2D eigenvalue weighted by atomic mass is 16.5. The second-order valence-corrected chi connectivity index (χ2v) is 5.51. The van der Waals surface area contributed by atoms with E-state index in [-0.39, 0.29) is 6.04 Å². The smallest absolute Gasteiger partial charge is 0.127 e. The lowest BCUT2D eigenvalue weighted by molar-refractivity contribution is 0.260. The van der Waals surface area contributed by atoms with Crippen LogP contribution >= 0.6 is 0 Å². The van der Waals surface area contributed by atoms with Crippen molar-refractivity contribution in [2.45, 2.75) is 25.4 Å². The van der Waals surface area contributed by atoms with E-state index >= 15 is 0 Å². The first-order valence-electron chi connectivity index (χ1n) is 7.60. The van der Waals surface area contributed by atoms with Gasteiger partial charge in [0, 0.05) is 12.6 Å². The molecule has 2 unspecified atom stereocenters. The Morgan fingerprint density at radius 2 is 1.86 bits per heavy atom. The third-order valence-electron chi connectivity index (χ3n) is 4.13. The number of hydrogen-bond donors (Lipinski definition) is 1. The van der Waals surface area contributed by atoms with Gasteiger partial charge in [-0.25, -0.2) is 0 Å². The van der Waals surface area contributed by atoms with Gasteiger partial charge in [0.15, 0.2) is 0 Å².